The molecule has 2 aromatic rings. The van der Waals surface area contributed by atoms with Crippen molar-refractivity contribution in [2.24, 2.45) is 0 Å². The number of nitrogens with zero attached hydrogens (tertiary/aromatic N) is 2. The molecular weight excluding hydrogens is 278 g/mol. The number of aliphatic hydroxyl groups excluding tert-OH is 1. The lowest BCUT2D eigenvalue weighted by molar-refractivity contribution is 0.142. The highest BCUT2D eigenvalue weighted by atomic mass is 16.3. The smallest absolute Gasteiger partial charge is 0.322 e. The fourth-order valence-electron chi connectivity index (χ4n) is 3.13. The third kappa shape index (κ3) is 3.04. The molecule has 2 N–H and O–H groups in total. The van der Waals surface area contributed by atoms with E-state index in [1.165, 1.54) is 0 Å². The van der Waals surface area contributed by atoms with E-state index in [9.17, 15) is 9.90 Å². The van der Waals surface area contributed by atoms with Gasteiger partial charge in [-0.3, -0.25) is 4.98 Å². The largest absolute Gasteiger partial charge is 0.393 e. The fourth-order valence-corrected chi connectivity index (χ4v) is 3.13. The summed E-state index contributed by atoms with van der Waals surface area (Å²) >= 11 is 0. The minimum absolute atomic E-state index is 0.110. The first kappa shape index (κ1) is 14.8. The Kier molecular flexibility index (Phi) is 4.24. The molecule has 3 rings (SSSR count). The zero-order valence-corrected chi connectivity index (χ0v) is 12.7. The van der Waals surface area contributed by atoms with Crippen molar-refractivity contribution in [3.05, 3.63) is 36.5 Å². The summed E-state index contributed by atoms with van der Waals surface area (Å²) in [6.07, 6.45) is 3.90. The highest BCUT2D eigenvalue weighted by Gasteiger charge is 2.29. The molecule has 1 aliphatic heterocycles. The summed E-state index contributed by atoms with van der Waals surface area (Å²) in [4.78, 5) is 18.7. The van der Waals surface area contributed by atoms with E-state index in [-0.39, 0.29) is 12.1 Å². The summed E-state index contributed by atoms with van der Waals surface area (Å²) in [6, 6.07) is 9.62. The van der Waals surface area contributed by atoms with Gasteiger partial charge in [0.25, 0.3) is 0 Å². The number of pyridine rings is 1. The lowest BCUT2D eigenvalue weighted by Crippen LogP contribution is -2.40. The molecule has 5 heteroatoms. The van der Waals surface area contributed by atoms with Gasteiger partial charge in [0.05, 0.1) is 17.3 Å². The van der Waals surface area contributed by atoms with Crippen molar-refractivity contribution in [2.75, 3.05) is 11.9 Å². The number of hydrogen-bond donors (Lipinski definition) is 2. The standard InChI is InChI=1S/C17H21N3O2/c1-12(21)11-14-7-4-10-20(14)17(22)19-15-8-2-5-13-6-3-9-18-16(13)15/h2-3,5-6,8-9,12,14,21H,4,7,10-11H2,1H3,(H,19,22)/t12-,14-/m1/s1. The number of hydrogen-bond acceptors (Lipinski definition) is 3. The predicted molar refractivity (Wildman–Crippen MR) is 86.8 cm³/mol. The minimum Gasteiger partial charge on any atom is -0.393 e. The van der Waals surface area contributed by atoms with Gasteiger partial charge >= 0.3 is 6.03 Å². The Hall–Kier alpha value is -2.14. The number of likely N-dealkylation sites (tertiary alicyclic amines) is 1. The molecule has 1 aromatic heterocycles. The van der Waals surface area contributed by atoms with E-state index < -0.39 is 6.10 Å². The van der Waals surface area contributed by atoms with Gasteiger partial charge in [0.15, 0.2) is 0 Å². The van der Waals surface area contributed by atoms with Crippen molar-refractivity contribution in [3.63, 3.8) is 0 Å². The van der Waals surface area contributed by atoms with Crippen molar-refractivity contribution in [3.8, 4) is 0 Å². The number of fused-ring (bicyclic) bond motifs is 1. The normalized spacial score (nSPS) is 19.4. The van der Waals surface area contributed by atoms with Crippen LogP contribution < -0.4 is 5.32 Å². The predicted octanol–water partition coefficient (Wildman–Crippen LogP) is 3.00. The molecule has 2 amide bonds. The minimum atomic E-state index is -0.391. The Labute approximate surface area is 130 Å². The second-order valence-electron chi connectivity index (χ2n) is 5.89. The number of aromatic nitrogens is 1. The second-order valence-corrected chi connectivity index (χ2v) is 5.89. The molecule has 0 saturated carbocycles. The average molecular weight is 299 g/mol. The fraction of sp³-hybridized carbons (Fsp3) is 0.412. The van der Waals surface area contributed by atoms with Crippen LogP contribution in [-0.4, -0.2) is 39.7 Å². The molecule has 1 saturated heterocycles. The van der Waals surface area contributed by atoms with Crippen LogP contribution in [0.25, 0.3) is 10.9 Å². The van der Waals surface area contributed by atoms with Gasteiger partial charge in [-0.05, 0) is 38.3 Å². The van der Waals surface area contributed by atoms with E-state index in [0.717, 1.165) is 36.0 Å². The van der Waals surface area contributed by atoms with Gasteiger partial charge in [-0.15, -0.1) is 0 Å². The highest BCUT2D eigenvalue weighted by Crippen LogP contribution is 2.25. The molecule has 2 heterocycles. The van der Waals surface area contributed by atoms with Gasteiger partial charge in [0.2, 0.25) is 0 Å². The highest BCUT2D eigenvalue weighted by molar-refractivity contribution is 5.99. The van der Waals surface area contributed by atoms with Gasteiger partial charge < -0.3 is 15.3 Å². The maximum atomic E-state index is 12.6. The topological polar surface area (TPSA) is 65.5 Å². The van der Waals surface area contributed by atoms with E-state index >= 15 is 0 Å². The van der Waals surface area contributed by atoms with Gasteiger partial charge in [-0.2, -0.15) is 0 Å². The number of amides is 2. The zero-order chi connectivity index (χ0) is 15.5. The maximum Gasteiger partial charge on any atom is 0.322 e. The number of carbonyl (C=O) groups is 1. The lowest BCUT2D eigenvalue weighted by atomic mass is 10.1. The Morgan fingerprint density at radius 2 is 2.27 bits per heavy atom. The summed E-state index contributed by atoms with van der Waals surface area (Å²) in [5.41, 5.74) is 1.52. The van der Waals surface area contributed by atoms with Crippen molar-refractivity contribution in [1.82, 2.24) is 9.88 Å². The van der Waals surface area contributed by atoms with Crippen LogP contribution in [0.2, 0.25) is 0 Å². The summed E-state index contributed by atoms with van der Waals surface area (Å²) in [7, 11) is 0. The van der Waals surface area contributed by atoms with Crippen molar-refractivity contribution in [1.29, 1.82) is 0 Å². The SMILES string of the molecule is C[C@@H](O)C[C@H]1CCCN1C(=O)Nc1cccc2cccnc12. The molecule has 2 atom stereocenters. The second kappa shape index (κ2) is 6.32. The summed E-state index contributed by atoms with van der Waals surface area (Å²) < 4.78 is 0. The van der Waals surface area contributed by atoms with Gasteiger partial charge in [0.1, 0.15) is 0 Å². The molecule has 0 radical (unpaired) electrons. The van der Waals surface area contributed by atoms with Crippen LogP contribution in [0.15, 0.2) is 36.5 Å². The molecule has 0 aliphatic carbocycles. The number of carbonyl (C=O) groups excluding carboxylic acids is 1. The van der Waals surface area contributed by atoms with Crippen LogP contribution in [-0.2, 0) is 0 Å². The first-order valence-electron chi connectivity index (χ1n) is 7.74. The Balaban J connectivity index is 1.78. The van der Waals surface area contributed by atoms with E-state index in [1.54, 1.807) is 13.1 Å². The molecule has 1 aromatic carbocycles. The van der Waals surface area contributed by atoms with E-state index in [0.29, 0.717) is 6.42 Å². The summed E-state index contributed by atoms with van der Waals surface area (Å²) in [6.45, 7) is 2.50. The van der Waals surface area contributed by atoms with Crippen LogP contribution in [0.5, 0.6) is 0 Å². The monoisotopic (exact) mass is 299 g/mol. The first-order valence-corrected chi connectivity index (χ1v) is 7.74. The van der Waals surface area contributed by atoms with Gasteiger partial charge in [-0.1, -0.05) is 18.2 Å². The number of para-hydroxylation sites is 1. The van der Waals surface area contributed by atoms with Crippen LogP contribution >= 0.6 is 0 Å². The quantitative estimate of drug-likeness (QED) is 0.915. The van der Waals surface area contributed by atoms with Crippen molar-refractivity contribution < 1.29 is 9.90 Å². The molecule has 1 fully saturated rings. The van der Waals surface area contributed by atoms with E-state index in [1.807, 2.05) is 35.2 Å². The van der Waals surface area contributed by atoms with Crippen LogP contribution in [0.1, 0.15) is 26.2 Å². The first-order chi connectivity index (χ1) is 10.6. The molecule has 0 bridgehead atoms. The molecule has 1 aliphatic rings. The maximum absolute atomic E-state index is 12.6. The Bertz CT molecular complexity index is 667. The molecule has 5 nitrogen and oxygen atoms in total. The van der Waals surface area contributed by atoms with Crippen LogP contribution in [0.4, 0.5) is 10.5 Å². The Morgan fingerprint density at radius 1 is 1.45 bits per heavy atom. The number of aliphatic hydroxyl groups is 1. The molecule has 22 heavy (non-hydrogen) atoms. The van der Waals surface area contributed by atoms with Crippen LogP contribution in [0, 0.1) is 0 Å². The van der Waals surface area contributed by atoms with E-state index in [4.69, 9.17) is 0 Å². The number of urea groups is 1. The molecular formula is C17H21N3O2. The number of nitrogens with one attached hydrogen (secondary N) is 1. The number of benzene rings is 1. The Morgan fingerprint density at radius 3 is 3.09 bits per heavy atom. The van der Waals surface area contributed by atoms with Crippen molar-refractivity contribution in [2.45, 2.75) is 38.3 Å². The third-order valence-corrected chi connectivity index (χ3v) is 4.13. The van der Waals surface area contributed by atoms with Gasteiger partial charge in [0, 0.05) is 24.2 Å². The molecule has 0 unspecified atom stereocenters. The number of anilines is 1. The molecule has 0 spiro atoms. The zero-order valence-electron chi connectivity index (χ0n) is 12.7. The average Bonchev–Trinajstić information content (AvgIpc) is 2.95. The number of rotatable bonds is 3. The summed E-state index contributed by atoms with van der Waals surface area (Å²) in [5, 5.41) is 13.6. The lowest BCUT2D eigenvalue weighted by Gasteiger charge is -2.26. The van der Waals surface area contributed by atoms with Crippen LogP contribution in [0.3, 0.4) is 0 Å². The molecule has 116 valence electrons. The summed E-state index contributed by atoms with van der Waals surface area (Å²) in [5.74, 6) is 0. The van der Waals surface area contributed by atoms with E-state index in [2.05, 4.69) is 10.3 Å². The third-order valence-electron chi connectivity index (χ3n) is 4.13. The van der Waals surface area contributed by atoms with Crippen molar-refractivity contribution >= 4 is 22.6 Å². The van der Waals surface area contributed by atoms with Gasteiger partial charge in [-0.25, -0.2) is 4.79 Å².